The number of ketones is 1. The highest BCUT2D eigenvalue weighted by Crippen LogP contribution is 2.30. The Kier molecular flexibility index (Phi) is 23.1. The van der Waals surface area contributed by atoms with E-state index in [2.05, 4.69) is 20.8 Å². The van der Waals surface area contributed by atoms with Gasteiger partial charge in [0.15, 0.2) is 0 Å². The molecular weight excluding hydrogens is 529 g/mol. The van der Waals surface area contributed by atoms with Crippen molar-refractivity contribution in [2.75, 3.05) is 0 Å². The molecule has 0 aliphatic rings. The SMILES string of the molecule is CCCCCCCCCCc1cc(CCCCCCCCCC)c(C(=O)C(F)(F)F)c(CCCCCCCCCC)c1. The number of carbonyl (C=O) groups is 1. The second kappa shape index (κ2) is 25.1. The highest BCUT2D eigenvalue weighted by molar-refractivity contribution is 6.03. The first-order valence-corrected chi connectivity index (χ1v) is 18.1. The van der Waals surface area contributed by atoms with Gasteiger partial charge in [-0.1, -0.05) is 168 Å². The summed E-state index contributed by atoms with van der Waals surface area (Å²) in [7, 11) is 0. The lowest BCUT2D eigenvalue weighted by molar-refractivity contribution is -0.0886. The molecule has 1 rings (SSSR count). The predicted molar refractivity (Wildman–Crippen MR) is 176 cm³/mol. The number of hydrogen-bond donors (Lipinski definition) is 0. The van der Waals surface area contributed by atoms with Crippen LogP contribution in [0.15, 0.2) is 12.1 Å². The molecule has 42 heavy (non-hydrogen) atoms. The number of Topliss-reactive ketones (excluding diaryl/α,β-unsaturated/α-hetero) is 1. The van der Waals surface area contributed by atoms with E-state index in [4.69, 9.17) is 0 Å². The van der Waals surface area contributed by atoms with Crippen LogP contribution in [0.1, 0.15) is 202 Å². The Labute approximate surface area is 258 Å². The monoisotopic (exact) mass is 594 g/mol. The number of hydrogen-bond acceptors (Lipinski definition) is 1. The lowest BCUT2D eigenvalue weighted by Crippen LogP contribution is -2.26. The third kappa shape index (κ3) is 18.4. The van der Waals surface area contributed by atoms with Crippen molar-refractivity contribution in [3.63, 3.8) is 0 Å². The number of alkyl halides is 3. The van der Waals surface area contributed by atoms with Crippen molar-refractivity contribution in [2.45, 2.75) is 200 Å². The zero-order valence-corrected chi connectivity index (χ0v) is 27.8. The lowest BCUT2D eigenvalue weighted by Gasteiger charge is -2.18. The van der Waals surface area contributed by atoms with E-state index in [1.165, 1.54) is 103 Å². The van der Waals surface area contributed by atoms with Gasteiger partial charge in [0.05, 0.1) is 0 Å². The summed E-state index contributed by atoms with van der Waals surface area (Å²) in [6.07, 6.45) is 25.5. The number of rotatable bonds is 28. The zero-order chi connectivity index (χ0) is 30.9. The third-order valence-corrected chi connectivity index (χ3v) is 8.76. The summed E-state index contributed by atoms with van der Waals surface area (Å²) in [6.45, 7) is 6.66. The minimum atomic E-state index is -4.83. The molecule has 0 bridgehead atoms. The summed E-state index contributed by atoms with van der Waals surface area (Å²) < 4.78 is 41.5. The van der Waals surface area contributed by atoms with Crippen molar-refractivity contribution in [2.24, 2.45) is 0 Å². The van der Waals surface area contributed by atoms with Crippen LogP contribution in [0.4, 0.5) is 13.2 Å². The van der Waals surface area contributed by atoms with E-state index in [-0.39, 0.29) is 5.56 Å². The predicted octanol–water partition coefficient (Wildman–Crippen LogP) is 13.5. The first kappa shape index (κ1) is 38.7. The molecular formula is C38H65F3O. The maximum Gasteiger partial charge on any atom is 0.454 e. The number of benzene rings is 1. The molecule has 4 heteroatoms. The normalized spacial score (nSPS) is 11.9. The number of halogens is 3. The van der Waals surface area contributed by atoms with Crippen LogP contribution in [0.5, 0.6) is 0 Å². The van der Waals surface area contributed by atoms with Crippen LogP contribution in [-0.2, 0) is 19.3 Å². The van der Waals surface area contributed by atoms with Gasteiger partial charge in [-0.25, -0.2) is 0 Å². The van der Waals surface area contributed by atoms with Crippen LogP contribution in [-0.4, -0.2) is 12.0 Å². The van der Waals surface area contributed by atoms with Crippen LogP contribution in [0, 0.1) is 0 Å². The largest absolute Gasteiger partial charge is 0.454 e. The molecule has 0 aliphatic heterocycles. The van der Waals surface area contributed by atoms with Crippen LogP contribution < -0.4 is 0 Å². The van der Waals surface area contributed by atoms with Gasteiger partial charge in [-0.2, -0.15) is 13.2 Å². The quantitative estimate of drug-likeness (QED) is 0.0696. The molecule has 1 nitrogen and oxygen atoms in total. The molecule has 1 aromatic rings. The molecule has 0 spiro atoms. The molecule has 0 radical (unpaired) electrons. The van der Waals surface area contributed by atoms with E-state index in [1.54, 1.807) is 0 Å². The molecule has 244 valence electrons. The first-order valence-electron chi connectivity index (χ1n) is 18.1. The van der Waals surface area contributed by atoms with Crippen molar-refractivity contribution in [3.05, 3.63) is 34.4 Å². The van der Waals surface area contributed by atoms with Crippen molar-refractivity contribution in [3.8, 4) is 0 Å². The molecule has 1 aromatic carbocycles. The van der Waals surface area contributed by atoms with E-state index in [1.807, 2.05) is 12.1 Å². The Bertz CT molecular complexity index is 757. The van der Waals surface area contributed by atoms with Gasteiger partial charge in [0.25, 0.3) is 5.78 Å². The van der Waals surface area contributed by atoms with Gasteiger partial charge in [-0.15, -0.1) is 0 Å². The van der Waals surface area contributed by atoms with Gasteiger partial charge in [0.2, 0.25) is 0 Å². The molecule has 0 fully saturated rings. The molecule has 0 saturated heterocycles. The van der Waals surface area contributed by atoms with E-state index in [9.17, 15) is 18.0 Å². The smallest absolute Gasteiger partial charge is 0.284 e. The average Bonchev–Trinajstić information content (AvgIpc) is 2.96. The highest BCUT2D eigenvalue weighted by Gasteiger charge is 2.41. The Morgan fingerprint density at radius 1 is 0.476 bits per heavy atom. The summed E-state index contributed by atoms with van der Waals surface area (Å²) in [4.78, 5) is 12.8. The van der Waals surface area contributed by atoms with Gasteiger partial charge in [-0.3, -0.25) is 4.79 Å². The Morgan fingerprint density at radius 2 is 0.762 bits per heavy atom. The standard InChI is InChI=1S/C38H65F3O/c1-4-7-10-13-16-19-22-25-28-33-31-34(29-26-23-20-17-14-11-8-5-2)36(37(42)38(39,40)41)35(32-33)30-27-24-21-18-15-12-9-6-3/h31-32H,4-30H2,1-3H3. The van der Waals surface area contributed by atoms with Gasteiger partial charge >= 0.3 is 6.18 Å². The lowest BCUT2D eigenvalue weighted by atomic mass is 9.87. The molecule has 0 atom stereocenters. The van der Waals surface area contributed by atoms with Crippen LogP contribution >= 0.6 is 0 Å². The van der Waals surface area contributed by atoms with Crippen molar-refractivity contribution in [1.29, 1.82) is 0 Å². The maximum atomic E-state index is 13.8. The second-order valence-electron chi connectivity index (χ2n) is 12.8. The Balaban J connectivity index is 2.92. The van der Waals surface area contributed by atoms with Crippen LogP contribution in [0.2, 0.25) is 0 Å². The summed E-state index contributed by atoms with van der Waals surface area (Å²) in [6, 6.07) is 3.91. The third-order valence-electron chi connectivity index (χ3n) is 8.76. The molecule has 0 aromatic heterocycles. The highest BCUT2D eigenvalue weighted by atomic mass is 19.4. The molecule has 0 N–H and O–H groups in total. The van der Waals surface area contributed by atoms with Gasteiger partial charge in [-0.05, 0) is 55.2 Å². The van der Waals surface area contributed by atoms with Gasteiger partial charge in [0, 0.05) is 5.56 Å². The summed E-state index contributed by atoms with van der Waals surface area (Å²) in [5.41, 5.74) is 2.40. The van der Waals surface area contributed by atoms with Gasteiger partial charge in [0.1, 0.15) is 0 Å². The molecule has 0 aliphatic carbocycles. The van der Waals surface area contributed by atoms with Crippen molar-refractivity contribution < 1.29 is 18.0 Å². The van der Waals surface area contributed by atoms with E-state index < -0.39 is 12.0 Å². The molecule has 0 heterocycles. The zero-order valence-electron chi connectivity index (χ0n) is 27.8. The second-order valence-corrected chi connectivity index (χ2v) is 12.8. The van der Waals surface area contributed by atoms with Gasteiger partial charge < -0.3 is 0 Å². The average molecular weight is 595 g/mol. The number of unbranched alkanes of at least 4 members (excludes halogenated alkanes) is 21. The fourth-order valence-electron chi connectivity index (χ4n) is 6.17. The summed E-state index contributed by atoms with van der Waals surface area (Å²) >= 11 is 0. The summed E-state index contributed by atoms with van der Waals surface area (Å²) in [5, 5.41) is 0. The molecule has 0 saturated carbocycles. The molecule has 0 amide bonds. The minimum absolute atomic E-state index is 0.0203. The van der Waals surface area contributed by atoms with Crippen LogP contribution in [0.25, 0.3) is 0 Å². The number of carbonyl (C=O) groups excluding carboxylic acids is 1. The minimum Gasteiger partial charge on any atom is -0.284 e. The van der Waals surface area contributed by atoms with E-state index in [0.717, 1.165) is 63.4 Å². The Morgan fingerprint density at radius 3 is 1.07 bits per heavy atom. The number of aryl methyl sites for hydroxylation is 3. The molecule has 0 unspecified atom stereocenters. The van der Waals surface area contributed by atoms with E-state index in [0.29, 0.717) is 24.0 Å². The van der Waals surface area contributed by atoms with Crippen molar-refractivity contribution >= 4 is 5.78 Å². The Hall–Kier alpha value is -1.32. The maximum absolute atomic E-state index is 13.8. The van der Waals surface area contributed by atoms with Crippen LogP contribution in [0.3, 0.4) is 0 Å². The summed E-state index contributed by atoms with van der Waals surface area (Å²) in [5.74, 6) is -1.63. The first-order chi connectivity index (χ1) is 20.3. The fraction of sp³-hybridized carbons (Fsp3) is 0.816. The van der Waals surface area contributed by atoms with Crippen molar-refractivity contribution in [1.82, 2.24) is 0 Å². The van der Waals surface area contributed by atoms with E-state index >= 15 is 0 Å². The fourth-order valence-corrected chi connectivity index (χ4v) is 6.17. The topological polar surface area (TPSA) is 17.1 Å².